The number of imidazole rings is 1. The van der Waals surface area contributed by atoms with Gasteiger partial charge < -0.3 is 34.5 Å². The summed E-state index contributed by atoms with van der Waals surface area (Å²) in [5.41, 5.74) is 0.860. The molecule has 196 valence electrons. The van der Waals surface area contributed by atoms with Crippen molar-refractivity contribution in [3.05, 3.63) is 58.5 Å². The third kappa shape index (κ3) is 6.17. The van der Waals surface area contributed by atoms with E-state index in [-0.39, 0.29) is 29.7 Å². The van der Waals surface area contributed by atoms with Crippen LogP contribution in [0.4, 0.5) is 24.9 Å². The van der Waals surface area contributed by atoms with E-state index < -0.39 is 11.3 Å². The fourth-order valence-electron chi connectivity index (χ4n) is 4.09. The Bertz CT molecular complexity index is 1240. The van der Waals surface area contributed by atoms with E-state index in [0.29, 0.717) is 50.9 Å². The molecule has 0 amide bonds. The van der Waals surface area contributed by atoms with Gasteiger partial charge >= 0.3 is 18.2 Å². The highest BCUT2D eigenvalue weighted by Crippen LogP contribution is 2.27. The van der Waals surface area contributed by atoms with Crippen LogP contribution in [-0.4, -0.2) is 62.6 Å². The number of anilines is 1. The van der Waals surface area contributed by atoms with Crippen molar-refractivity contribution in [1.29, 1.82) is 0 Å². The molecule has 1 aromatic carbocycles. The summed E-state index contributed by atoms with van der Waals surface area (Å²) in [5.74, 6) is 0.456. The minimum atomic E-state index is -4.74. The summed E-state index contributed by atoms with van der Waals surface area (Å²) < 4.78 is 53.8. The third-order valence-corrected chi connectivity index (χ3v) is 5.82. The van der Waals surface area contributed by atoms with E-state index in [4.69, 9.17) is 9.47 Å². The van der Waals surface area contributed by atoms with Crippen LogP contribution in [0.15, 0.2) is 42.9 Å². The van der Waals surface area contributed by atoms with Crippen molar-refractivity contribution >= 4 is 11.8 Å². The Morgan fingerprint density at radius 3 is 2.59 bits per heavy atom. The minimum Gasteiger partial charge on any atom is -0.489 e. The third-order valence-electron chi connectivity index (χ3n) is 5.82. The molecule has 5 rings (SSSR count). The lowest BCUT2D eigenvalue weighted by molar-refractivity contribution is -0.389. The number of benzene rings is 1. The Labute approximate surface area is 208 Å². The summed E-state index contributed by atoms with van der Waals surface area (Å²) in [6, 6.07) is 5.47. The first kappa shape index (κ1) is 24.5. The highest BCUT2D eigenvalue weighted by atomic mass is 19.4. The van der Waals surface area contributed by atoms with Crippen LogP contribution in [0.2, 0.25) is 0 Å². The number of alkyl halides is 3. The van der Waals surface area contributed by atoms with E-state index in [0.717, 1.165) is 5.56 Å². The number of fused-ring (bicyclic) bond motifs is 1. The number of rotatable bonds is 8. The van der Waals surface area contributed by atoms with Crippen LogP contribution in [0.1, 0.15) is 12.0 Å². The molecule has 0 aliphatic carbocycles. The first-order valence-electron chi connectivity index (χ1n) is 11.4. The van der Waals surface area contributed by atoms with Crippen LogP contribution >= 0.6 is 0 Å². The van der Waals surface area contributed by atoms with Crippen LogP contribution in [0.3, 0.4) is 0 Å². The van der Waals surface area contributed by atoms with Crippen LogP contribution in [0, 0.1) is 10.1 Å². The first-order chi connectivity index (χ1) is 17.7. The maximum atomic E-state index is 12.3. The average Bonchev–Trinajstić information content (AvgIpc) is 3.50. The topological polar surface area (TPSA) is 130 Å². The predicted molar refractivity (Wildman–Crippen MR) is 121 cm³/mol. The van der Waals surface area contributed by atoms with E-state index in [2.05, 4.69) is 25.0 Å². The van der Waals surface area contributed by atoms with Gasteiger partial charge in [0, 0.05) is 49.0 Å². The first-order valence-corrected chi connectivity index (χ1v) is 11.4. The standard InChI is InChI=1S/C22H22F3N7O5/c23-22(24,25)37-17-3-1-16(2-4-17)36-18-5-6-30(11-18)20-27-8-14(9-28-20)7-26-15-10-31-12-19(32(33)34)29-21(31)35-13-15/h1-4,8-9,12,15,18,26H,5-7,10-11,13H2/t15-,18?/m0/s1. The number of nitrogens with zero attached hydrogens (tertiary/aromatic N) is 6. The fourth-order valence-corrected chi connectivity index (χ4v) is 4.09. The van der Waals surface area contributed by atoms with E-state index in [9.17, 15) is 23.3 Å². The van der Waals surface area contributed by atoms with Gasteiger partial charge in [0.1, 0.15) is 30.4 Å². The number of halogens is 3. The Morgan fingerprint density at radius 2 is 1.89 bits per heavy atom. The van der Waals surface area contributed by atoms with E-state index in [1.807, 2.05) is 4.90 Å². The summed E-state index contributed by atoms with van der Waals surface area (Å²) >= 11 is 0. The molecular formula is C22H22F3N7O5. The molecule has 2 atom stereocenters. The van der Waals surface area contributed by atoms with Crippen LogP contribution in [0.5, 0.6) is 17.5 Å². The molecule has 0 radical (unpaired) electrons. The molecule has 1 fully saturated rings. The molecular weight excluding hydrogens is 499 g/mol. The molecule has 2 aliphatic rings. The lowest BCUT2D eigenvalue weighted by Crippen LogP contribution is -2.41. The molecule has 2 aliphatic heterocycles. The van der Waals surface area contributed by atoms with E-state index in [1.54, 1.807) is 17.0 Å². The number of hydrogen-bond donors (Lipinski definition) is 1. The molecule has 1 N–H and O–H groups in total. The largest absolute Gasteiger partial charge is 0.573 e. The zero-order valence-corrected chi connectivity index (χ0v) is 19.3. The van der Waals surface area contributed by atoms with Gasteiger partial charge in [-0.15, -0.1) is 13.2 Å². The Hall–Kier alpha value is -4.14. The van der Waals surface area contributed by atoms with Crippen molar-refractivity contribution in [2.75, 3.05) is 24.6 Å². The lowest BCUT2D eigenvalue weighted by Gasteiger charge is -2.23. The van der Waals surface area contributed by atoms with Gasteiger partial charge in [0.15, 0.2) is 0 Å². The Kier molecular flexibility index (Phi) is 6.69. The molecule has 1 unspecified atom stereocenters. The van der Waals surface area contributed by atoms with Gasteiger partial charge in [-0.2, -0.15) is 0 Å². The second-order valence-electron chi connectivity index (χ2n) is 8.57. The fraction of sp³-hybridized carbons (Fsp3) is 0.409. The van der Waals surface area contributed by atoms with Gasteiger partial charge in [-0.1, -0.05) is 0 Å². The molecule has 0 bridgehead atoms. The highest BCUT2D eigenvalue weighted by molar-refractivity contribution is 5.34. The molecule has 0 saturated carbocycles. The molecule has 2 aromatic heterocycles. The second kappa shape index (κ2) is 10.1. The molecule has 4 heterocycles. The normalized spacial score (nSPS) is 19.3. The molecule has 3 aromatic rings. The summed E-state index contributed by atoms with van der Waals surface area (Å²) in [6.45, 7) is 2.52. The SMILES string of the molecule is O=[N+]([O-])c1cn2c(n1)OC[C@@H](NCc1cnc(N3CCC(Oc4ccc(OC(F)(F)F)cc4)C3)nc1)C2. The number of nitro groups is 1. The number of ether oxygens (including phenoxy) is 3. The summed E-state index contributed by atoms with van der Waals surface area (Å²) in [6.07, 6.45) is 0.615. The molecule has 15 heteroatoms. The van der Waals surface area contributed by atoms with Gasteiger partial charge in [-0.3, -0.25) is 4.57 Å². The smallest absolute Gasteiger partial charge is 0.489 e. The van der Waals surface area contributed by atoms with E-state index >= 15 is 0 Å². The Morgan fingerprint density at radius 1 is 1.16 bits per heavy atom. The van der Waals surface area contributed by atoms with Crippen LogP contribution in [0.25, 0.3) is 0 Å². The maximum Gasteiger partial charge on any atom is 0.573 e. The quantitative estimate of drug-likeness (QED) is 0.349. The number of hydrogen-bond acceptors (Lipinski definition) is 10. The van der Waals surface area contributed by atoms with Gasteiger partial charge in [-0.05, 0) is 29.2 Å². The van der Waals surface area contributed by atoms with Crippen molar-refractivity contribution in [3.8, 4) is 17.5 Å². The van der Waals surface area contributed by atoms with Gasteiger partial charge in [-0.25, -0.2) is 9.97 Å². The van der Waals surface area contributed by atoms with Crippen molar-refractivity contribution in [1.82, 2.24) is 24.8 Å². The second-order valence-corrected chi connectivity index (χ2v) is 8.57. The zero-order chi connectivity index (χ0) is 26.0. The van der Waals surface area contributed by atoms with Crippen molar-refractivity contribution in [2.24, 2.45) is 0 Å². The molecule has 37 heavy (non-hydrogen) atoms. The highest BCUT2D eigenvalue weighted by Gasteiger charge is 2.31. The lowest BCUT2D eigenvalue weighted by atomic mass is 10.2. The summed E-state index contributed by atoms with van der Waals surface area (Å²) in [7, 11) is 0. The van der Waals surface area contributed by atoms with Gasteiger partial charge in [0.2, 0.25) is 5.95 Å². The molecule has 0 spiro atoms. The zero-order valence-electron chi connectivity index (χ0n) is 19.3. The molecule has 1 saturated heterocycles. The van der Waals surface area contributed by atoms with Gasteiger partial charge in [0.05, 0.1) is 12.6 Å². The number of nitrogens with one attached hydrogen (secondary N) is 1. The maximum absolute atomic E-state index is 12.3. The van der Waals surface area contributed by atoms with Gasteiger partial charge in [0.25, 0.3) is 0 Å². The van der Waals surface area contributed by atoms with Crippen LogP contribution in [-0.2, 0) is 13.1 Å². The van der Waals surface area contributed by atoms with E-state index in [1.165, 1.54) is 30.5 Å². The summed E-state index contributed by atoms with van der Waals surface area (Å²) in [5, 5.41) is 14.2. The Balaban J connectivity index is 1.09. The number of aromatic nitrogens is 4. The monoisotopic (exact) mass is 521 g/mol. The van der Waals surface area contributed by atoms with Crippen molar-refractivity contribution in [3.63, 3.8) is 0 Å². The predicted octanol–water partition coefficient (Wildman–Crippen LogP) is 2.69. The minimum absolute atomic E-state index is 0.0634. The molecule has 12 nitrogen and oxygen atoms in total. The average molecular weight is 521 g/mol. The van der Waals surface area contributed by atoms with Crippen molar-refractivity contribution < 1.29 is 32.3 Å². The van der Waals surface area contributed by atoms with Crippen LogP contribution < -0.4 is 24.4 Å². The summed E-state index contributed by atoms with van der Waals surface area (Å²) in [4.78, 5) is 25.0. The van der Waals surface area contributed by atoms with Crippen molar-refractivity contribution in [2.45, 2.75) is 38.0 Å².